The number of morpholine rings is 1. The lowest BCUT2D eigenvalue weighted by molar-refractivity contribution is 0.0105. The van der Waals surface area contributed by atoms with E-state index in [1.807, 2.05) is 11.0 Å². The zero-order chi connectivity index (χ0) is 15.1. The number of amides is 1. The van der Waals surface area contributed by atoms with Gasteiger partial charge in [0.2, 0.25) is 0 Å². The Kier molecular flexibility index (Phi) is 5.71. The number of ether oxygens (including phenoxy) is 2. The minimum Gasteiger partial charge on any atom is -0.450 e. The highest BCUT2D eigenvalue weighted by Gasteiger charge is 2.30. The molecule has 1 saturated heterocycles. The molecule has 1 N–H and O–H groups in total. The van der Waals surface area contributed by atoms with E-state index in [9.17, 15) is 9.59 Å². The molecule has 114 valence electrons. The first kappa shape index (κ1) is 15.5. The highest BCUT2D eigenvalue weighted by molar-refractivity contribution is 6.01. The molecule has 1 aromatic rings. The molecule has 21 heavy (non-hydrogen) atoms. The predicted molar refractivity (Wildman–Crippen MR) is 77.1 cm³/mol. The third-order valence-corrected chi connectivity index (χ3v) is 3.25. The van der Waals surface area contributed by atoms with E-state index in [1.54, 1.807) is 31.2 Å². The molecule has 1 aliphatic heterocycles. The number of Topliss-reactive ketones (excluding diaryl/α,β-unsaturated/α-hetero) is 1. The molecular formula is C15H20N2O4. The Hall–Kier alpha value is -1.92. The average molecular weight is 292 g/mol. The van der Waals surface area contributed by atoms with Gasteiger partial charge in [-0.15, -0.1) is 0 Å². The largest absolute Gasteiger partial charge is 0.450 e. The smallest absolute Gasteiger partial charge is 0.408 e. The van der Waals surface area contributed by atoms with Crippen LogP contribution in [0, 0.1) is 0 Å². The van der Waals surface area contributed by atoms with E-state index >= 15 is 0 Å². The predicted octanol–water partition coefficient (Wildman–Crippen LogP) is 1.27. The van der Waals surface area contributed by atoms with Crippen molar-refractivity contribution in [2.75, 3.05) is 32.9 Å². The van der Waals surface area contributed by atoms with Crippen LogP contribution < -0.4 is 5.32 Å². The van der Waals surface area contributed by atoms with Crippen LogP contribution in [0.3, 0.4) is 0 Å². The second-order valence-electron chi connectivity index (χ2n) is 4.65. The number of carbonyl (C=O) groups is 2. The Morgan fingerprint density at radius 1 is 1.29 bits per heavy atom. The first-order valence-corrected chi connectivity index (χ1v) is 7.06. The van der Waals surface area contributed by atoms with E-state index < -0.39 is 12.3 Å². The lowest BCUT2D eigenvalue weighted by Crippen LogP contribution is -2.56. The molecule has 1 heterocycles. The van der Waals surface area contributed by atoms with Crippen LogP contribution >= 0.6 is 0 Å². The van der Waals surface area contributed by atoms with Gasteiger partial charge in [-0.1, -0.05) is 30.3 Å². The highest BCUT2D eigenvalue weighted by atomic mass is 16.5. The minimum absolute atomic E-state index is 0.148. The monoisotopic (exact) mass is 292 g/mol. The Morgan fingerprint density at radius 2 is 1.95 bits per heavy atom. The second kappa shape index (κ2) is 7.75. The lowest BCUT2D eigenvalue weighted by Gasteiger charge is -2.33. The van der Waals surface area contributed by atoms with Gasteiger partial charge in [-0.3, -0.25) is 15.0 Å². The van der Waals surface area contributed by atoms with Gasteiger partial charge in [0.25, 0.3) is 0 Å². The van der Waals surface area contributed by atoms with E-state index in [-0.39, 0.29) is 12.4 Å². The zero-order valence-electron chi connectivity index (χ0n) is 12.1. The van der Waals surface area contributed by atoms with Crippen molar-refractivity contribution in [2.45, 2.75) is 13.1 Å². The standard InChI is InChI=1S/C15H20N2O4/c1-2-21-15(19)16-14(17-8-10-20-11-9-17)13(18)12-6-4-3-5-7-12/h3-7,14H,2,8-11H2,1H3,(H,16,19). The molecule has 0 saturated carbocycles. The van der Waals surface area contributed by atoms with Crippen molar-refractivity contribution in [2.24, 2.45) is 0 Å². The Bertz CT molecular complexity index is 472. The summed E-state index contributed by atoms with van der Waals surface area (Å²) in [4.78, 5) is 26.2. The number of benzene rings is 1. The summed E-state index contributed by atoms with van der Waals surface area (Å²) in [6, 6.07) is 8.92. The average Bonchev–Trinajstić information content (AvgIpc) is 2.54. The fraction of sp³-hybridized carbons (Fsp3) is 0.467. The summed E-state index contributed by atoms with van der Waals surface area (Å²) in [6.07, 6.45) is -1.31. The SMILES string of the molecule is CCOC(=O)NC(C(=O)c1ccccc1)N1CCOCC1. The van der Waals surface area contributed by atoms with Gasteiger partial charge in [0.1, 0.15) is 6.17 Å². The normalized spacial score (nSPS) is 17.0. The molecule has 1 atom stereocenters. The maximum absolute atomic E-state index is 12.6. The molecule has 0 radical (unpaired) electrons. The van der Waals surface area contributed by atoms with Gasteiger partial charge in [-0.25, -0.2) is 4.79 Å². The molecule has 1 unspecified atom stereocenters. The van der Waals surface area contributed by atoms with Crippen molar-refractivity contribution < 1.29 is 19.1 Å². The number of rotatable bonds is 5. The van der Waals surface area contributed by atoms with Crippen LogP contribution in [0.1, 0.15) is 17.3 Å². The summed E-state index contributed by atoms with van der Waals surface area (Å²) in [5.74, 6) is -0.148. The maximum Gasteiger partial charge on any atom is 0.408 e. The highest BCUT2D eigenvalue weighted by Crippen LogP contribution is 2.10. The molecule has 1 aliphatic rings. The quantitative estimate of drug-likeness (QED) is 0.828. The van der Waals surface area contributed by atoms with Crippen LogP contribution in [-0.4, -0.2) is 55.9 Å². The topological polar surface area (TPSA) is 67.9 Å². The van der Waals surface area contributed by atoms with Crippen LogP contribution in [0.2, 0.25) is 0 Å². The number of ketones is 1. The summed E-state index contributed by atoms with van der Waals surface area (Å²) in [5.41, 5.74) is 0.561. The Morgan fingerprint density at radius 3 is 2.57 bits per heavy atom. The van der Waals surface area contributed by atoms with E-state index in [0.29, 0.717) is 31.9 Å². The number of carbonyl (C=O) groups excluding carboxylic acids is 2. The molecule has 1 amide bonds. The molecular weight excluding hydrogens is 272 g/mol. The van der Waals surface area contributed by atoms with Gasteiger partial charge in [0.15, 0.2) is 5.78 Å². The molecule has 0 spiro atoms. The van der Waals surface area contributed by atoms with E-state index in [2.05, 4.69) is 5.32 Å². The van der Waals surface area contributed by atoms with E-state index in [1.165, 1.54) is 0 Å². The molecule has 1 aromatic carbocycles. The Labute approximate surface area is 124 Å². The van der Waals surface area contributed by atoms with Gasteiger partial charge in [-0.2, -0.15) is 0 Å². The second-order valence-corrected chi connectivity index (χ2v) is 4.65. The number of hydrogen-bond acceptors (Lipinski definition) is 5. The van der Waals surface area contributed by atoms with E-state index in [4.69, 9.17) is 9.47 Å². The molecule has 1 fully saturated rings. The first-order chi connectivity index (χ1) is 10.2. The van der Waals surface area contributed by atoms with Gasteiger partial charge < -0.3 is 9.47 Å². The molecule has 2 rings (SSSR count). The van der Waals surface area contributed by atoms with Crippen LogP contribution in [0.15, 0.2) is 30.3 Å². The Balaban J connectivity index is 2.14. The van der Waals surface area contributed by atoms with Crippen LogP contribution in [0.25, 0.3) is 0 Å². The summed E-state index contributed by atoms with van der Waals surface area (Å²) in [6.45, 7) is 4.26. The first-order valence-electron chi connectivity index (χ1n) is 7.06. The van der Waals surface area contributed by atoms with Crippen molar-refractivity contribution >= 4 is 11.9 Å². The molecule has 0 bridgehead atoms. The number of alkyl carbamates (subject to hydrolysis) is 1. The third kappa shape index (κ3) is 4.27. The number of hydrogen-bond donors (Lipinski definition) is 1. The fourth-order valence-corrected chi connectivity index (χ4v) is 2.20. The fourth-order valence-electron chi connectivity index (χ4n) is 2.20. The van der Waals surface area contributed by atoms with Crippen molar-refractivity contribution in [1.82, 2.24) is 10.2 Å². The summed E-state index contributed by atoms with van der Waals surface area (Å²) >= 11 is 0. The number of nitrogens with one attached hydrogen (secondary N) is 1. The van der Waals surface area contributed by atoms with Crippen LogP contribution in [0.4, 0.5) is 4.79 Å². The molecule has 0 aliphatic carbocycles. The third-order valence-electron chi connectivity index (χ3n) is 3.25. The van der Waals surface area contributed by atoms with Crippen molar-refractivity contribution in [3.63, 3.8) is 0 Å². The van der Waals surface area contributed by atoms with Crippen molar-refractivity contribution in [1.29, 1.82) is 0 Å². The van der Waals surface area contributed by atoms with Crippen molar-refractivity contribution in [3.05, 3.63) is 35.9 Å². The lowest BCUT2D eigenvalue weighted by atomic mass is 10.1. The van der Waals surface area contributed by atoms with Crippen LogP contribution in [-0.2, 0) is 9.47 Å². The minimum atomic E-state index is -0.727. The van der Waals surface area contributed by atoms with Crippen LogP contribution in [0.5, 0.6) is 0 Å². The summed E-state index contributed by atoms with van der Waals surface area (Å²) < 4.78 is 10.2. The molecule has 6 heteroatoms. The molecule has 0 aromatic heterocycles. The summed E-state index contributed by atoms with van der Waals surface area (Å²) in [5, 5.41) is 2.65. The summed E-state index contributed by atoms with van der Waals surface area (Å²) in [7, 11) is 0. The van der Waals surface area contributed by atoms with Gasteiger partial charge in [-0.05, 0) is 6.92 Å². The van der Waals surface area contributed by atoms with Gasteiger partial charge >= 0.3 is 6.09 Å². The zero-order valence-corrected chi connectivity index (χ0v) is 12.1. The maximum atomic E-state index is 12.6. The van der Waals surface area contributed by atoms with E-state index in [0.717, 1.165) is 0 Å². The van der Waals surface area contributed by atoms with Gasteiger partial charge in [0, 0.05) is 18.7 Å². The van der Waals surface area contributed by atoms with Crippen molar-refractivity contribution in [3.8, 4) is 0 Å². The molecule has 6 nitrogen and oxygen atoms in total. The van der Waals surface area contributed by atoms with Gasteiger partial charge in [0.05, 0.1) is 19.8 Å². The number of nitrogens with zero attached hydrogens (tertiary/aromatic N) is 1.